The Morgan fingerprint density at radius 2 is 2.12 bits per heavy atom. The molecule has 0 radical (unpaired) electrons. The van der Waals surface area contributed by atoms with Gasteiger partial charge in [-0.1, -0.05) is 0 Å². The molecular weight excluding hydrogens is 322 g/mol. The van der Waals surface area contributed by atoms with Crippen LogP contribution in [0.3, 0.4) is 0 Å². The molecule has 8 heteroatoms. The average Bonchev–Trinajstić information content (AvgIpc) is 2.94. The van der Waals surface area contributed by atoms with Crippen molar-refractivity contribution in [2.24, 2.45) is 7.05 Å². The molecule has 1 saturated heterocycles. The first-order valence-corrected chi connectivity index (χ1v) is 8.32. The van der Waals surface area contributed by atoms with Gasteiger partial charge in [-0.3, -0.25) is 9.48 Å². The molecule has 0 aromatic carbocycles. The van der Waals surface area contributed by atoms with E-state index in [0.717, 1.165) is 18.5 Å². The van der Waals surface area contributed by atoms with Gasteiger partial charge in [0.1, 0.15) is 17.5 Å². The summed E-state index contributed by atoms with van der Waals surface area (Å²) >= 11 is 0. The van der Waals surface area contributed by atoms with E-state index < -0.39 is 0 Å². The number of aromatic nitrogens is 4. The molecule has 1 atom stereocenters. The van der Waals surface area contributed by atoms with Gasteiger partial charge in [0.15, 0.2) is 0 Å². The minimum atomic E-state index is -0.0895. The van der Waals surface area contributed by atoms with Crippen LogP contribution in [0.1, 0.15) is 34.7 Å². The molecule has 8 nitrogen and oxygen atoms in total. The normalized spacial score (nSPS) is 17.4. The van der Waals surface area contributed by atoms with Gasteiger partial charge in [0.25, 0.3) is 5.91 Å². The van der Waals surface area contributed by atoms with E-state index >= 15 is 0 Å². The smallest absolute Gasteiger partial charge is 0.261 e. The maximum absolute atomic E-state index is 12.8. The number of ether oxygens (including phenoxy) is 2. The lowest BCUT2D eigenvalue weighted by Crippen LogP contribution is -2.44. The summed E-state index contributed by atoms with van der Waals surface area (Å²) in [5, 5.41) is 4.15. The monoisotopic (exact) mass is 345 g/mol. The molecular formula is C17H23N5O3. The summed E-state index contributed by atoms with van der Waals surface area (Å²) < 4.78 is 12.8. The van der Waals surface area contributed by atoms with E-state index in [1.807, 2.05) is 19.9 Å². The van der Waals surface area contributed by atoms with Crippen LogP contribution < -0.4 is 9.47 Å². The molecule has 1 amide bonds. The van der Waals surface area contributed by atoms with Crippen LogP contribution in [0.15, 0.2) is 12.3 Å². The first kappa shape index (κ1) is 17.2. The fourth-order valence-corrected chi connectivity index (χ4v) is 3.07. The quantitative estimate of drug-likeness (QED) is 0.835. The summed E-state index contributed by atoms with van der Waals surface area (Å²) in [7, 11) is 3.28. The highest BCUT2D eigenvalue weighted by molar-refractivity contribution is 5.96. The van der Waals surface area contributed by atoms with Crippen LogP contribution >= 0.6 is 0 Å². The molecule has 25 heavy (non-hydrogen) atoms. The van der Waals surface area contributed by atoms with E-state index in [-0.39, 0.29) is 12.0 Å². The third kappa shape index (κ3) is 3.89. The predicted octanol–water partition coefficient (Wildman–Crippen LogP) is 1.52. The lowest BCUT2D eigenvalue weighted by molar-refractivity contribution is 0.0524. The van der Waals surface area contributed by atoms with Gasteiger partial charge in [0.2, 0.25) is 11.8 Å². The topological polar surface area (TPSA) is 82.4 Å². The van der Waals surface area contributed by atoms with Crippen molar-refractivity contribution in [3.05, 3.63) is 29.3 Å². The van der Waals surface area contributed by atoms with Crippen molar-refractivity contribution in [1.29, 1.82) is 0 Å². The molecule has 0 spiro atoms. The van der Waals surface area contributed by atoms with E-state index in [0.29, 0.717) is 36.2 Å². The van der Waals surface area contributed by atoms with E-state index in [2.05, 4.69) is 15.1 Å². The van der Waals surface area contributed by atoms with Gasteiger partial charge in [-0.05, 0) is 26.7 Å². The summed E-state index contributed by atoms with van der Waals surface area (Å²) in [5.74, 6) is 1.49. The number of hydrogen-bond donors (Lipinski definition) is 0. The van der Waals surface area contributed by atoms with E-state index in [4.69, 9.17) is 9.47 Å². The molecule has 1 aliphatic rings. The van der Waals surface area contributed by atoms with Gasteiger partial charge < -0.3 is 14.4 Å². The largest absolute Gasteiger partial charge is 0.479 e. The molecule has 0 saturated carbocycles. The zero-order valence-corrected chi connectivity index (χ0v) is 15.0. The lowest BCUT2D eigenvalue weighted by atomic mass is 10.1. The molecule has 2 aromatic rings. The van der Waals surface area contributed by atoms with Gasteiger partial charge in [-0.15, -0.1) is 5.10 Å². The zero-order valence-electron chi connectivity index (χ0n) is 15.0. The van der Waals surface area contributed by atoms with Gasteiger partial charge in [-0.25, -0.2) is 4.98 Å². The molecule has 0 bridgehead atoms. The Kier molecular flexibility index (Phi) is 4.87. The number of aryl methyl sites for hydroxylation is 3. The van der Waals surface area contributed by atoms with Crippen LogP contribution in [0, 0.1) is 13.8 Å². The lowest BCUT2D eigenvalue weighted by Gasteiger charge is -2.32. The summed E-state index contributed by atoms with van der Waals surface area (Å²) in [5.41, 5.74) is 1.34. The molecule has 1 unspecified atom stereocenters. The second kappa shape index (κ2) is 7.08. The Bertz CT molecular complexity index is 753. The molecule has 134 valence electrons. The van der Waals surface area contributed by atoms with Crippen LogP contribution in [0.5, 0.6) is 11.8 Å². The number of carbonyl (C=O) groups excluding carboxylic acids is 1. The second-order valence-electron chi connectivity index (χ2n) is 6.25. The second-order valence-corrected chi connectivity index (χ2v) is 6.25. The first-order valence-electron chi connectivity index (χ1n) is 8.32. The predicted molar refractivity (Wildman–Crippen MR) is 90.8 cm³/mol. The summed E-state index contributed by atoms with van der Waals surface area (Å²) in [4.78, 5) is 23.2. The number of carbonyl (C=O) groups is 1. The minimum absolute atomic E-state index is 0.0888. The van der Waals surface area contributed by atoms with Crippen molar-refractivity contribution in [3.8, 4) is 11.8 Å². The highest BCUT2D eigenvalue weighted by atomic mass is 16.5. The minimum Gasteiger partial charge on any atom is -0.479 e. The fourth-order valence-electron chi connectivity index (χ4n) is 3.07. The molecule has 0 aliphatic carbocycles. The summed E-state index contributed by atoms with van der Waals surface area (Å²) in [6, 6.07) is 1.82. The zero-order chi connectivity index (χ0) is 18.0. The molecule has 2 aromatic heterocycles. The highest BCUT2D eigenvalue weighted by Crippen LogP contribution is 2.22. The fraction of sp³-hybridized carbons (Fsp3) is 0.529. The maximum Gasteiger partial charge on any atom is 0.261 e. The van der Waals surface area contributed by atoms with Crippen molar-refractivity contribution < 1.29 is 14.3 Å². The van der Waals surface area contributed by atoms with Crippen LogP contribution in [-0.2, 0) is 7.05 Å². The number of amides is 1. The van der Waals surface area contributed by atoms with Gasteiger partial charge in [0, 0.05) is 31.5 Å². The Balaban J connectivity index is 1.71. The van der Waals surface area contributed by atoms with Crippen LogP contribution in [0.4, 0.5) is 0 Å². The number of hydrogen-bond acceptors (Lipinski definition) is 6. The van der Waals surface area contributed by atoms with Crippen LogP contribution in [0.25, 0.3) is 0 Å². The molecule has 1 aliphatic heterocycles. The number of likely N-dealkylation sites (tertiary alicyclic amines) is 1. The molecule has 0 N–H and O–H groups in total. The highest BCUT2D eigenvalue weighted by Gasteiger charge is 2.29. The standard InChI is InChI=1S/C17H23N5O3/c1-11-8-15(19-12(2)18-11)25-13-6-5-7-22(9-13)17(23)14-10-21(3)20-16(14)24-4/h8,10,13H,5-7,9H2,1-4H3. The number of rotatable bonds is 4. The van der Waals surface area contributed by atoms with Crippen molar-refractivity contribution >= 4 is 5.91 Å². The summed E-state index contributed by atoms with van der Waals surface area (Å²) in [6.45, 7) is 4.95. The van der Waals surface area contributed by atoms with Gasteiger partial charge in [0.05, 0.1) is 13.7 Å². The average molecular weight is 345 g/mol. The Labute approximate surface area is 146 Å². The van der Waals surface area contributed by atoms with Crippen molar-refractivity contribution in [2.75, 3.05) is 20.2 Å². The molecule has 3 rings (SSSR count). The molecule has 3 heterocycles. The third-order valence-electron chi connectivity index (χ3n) is 4.11. The Morgan fingerprint density at radius 3 is 2.84 bits per heavy atom. The first-order chi connectivity index (χ1) is 12.0. The summed E-state index contributed by atoms with van der Waals surface area (Å²) in [6.07, 6.45) is 3.36. The maximum atomic E-state index is 12.8. The Hall–Kier alpha value is -2.64. The van der Waals surface area contributed by atoms with E-state index in [1.165, 1.54) is 7.11 Å². The molecule has 1 fully saturated rings. The van der Waals surface area contributed by atoms with Crippen LogP contribution in [-0.4, -0.2) is 56.9 Å². The van der Waals surface area contributed by atoms with Crippen molar-refractivity contribution in [3.63, 3.8) is 0 Å². The Morgan fingerprint density at radius 1 is 1.32 bits per heavy atom. The van der Waals surface area contributed by atoms with E-state index in [1.54, 1.807) is 22.8 Å². The van der Waals surface area contributed by atoms with Gasteiger partial charge >= 0.3 is 0 Å². The SMILES string of the molecule is COc1nn(C)cc1C(=O)N1CCCC(Oc2cc(C)nc(C)n2)C1. The number of piperidine rings is 1. The number of nitrogens with zero attached hydrogens (tertiary/aromatic N) is 5. The van der Waals surface area contributed by atoms with Gasteiger partial charge in [-0.2, -0.15) is 4.98 Å². The van der Waals surface area contributed by atoms with Crippen molar-refractivity contribution in [2.45, 2.75) is 32.8 Å². The number of methoxy groups -OCH3 is 1. The third-order valence-corrected chi connectivity index (χ3v) is 4.11. The van der Waals surface area contributed by atoms with E-state index in [9.17, 15) is 4.79 Å². The van der Waals surface area contributed by atoms with Crippen molar-refractivity contribution in [1.82, 2.24) is 24.6 Å². The van der Waals surface area contributed by atoms with Crippen LogP contribution in [0.2, 0.25) is 0 Å².